The van der Waals surface area contributed by atoms with Crippen molar-refractivity contribution in [3.63, 3.8) is 0 Å². The molecule has 1 aromatic rings. The lowest BCUT2D eigenvalue weighted by Crippen LogP contribution is -2.45. The van der Waals surface area contributed by atoms with Crippen LogP contribution < -0.4 is 5.32 Å². The van der Waals surface area contributed by atoms with E-state index in [1.807, 2.05) is 6.92 Å². The van der Waals surface area contributed by atoms with Crippen LogP contribution in [0.2, 0.25) is 0 Å². The van der Waals surface area contributed by atoms with Crippen LogP contribution in [0.25, 0.3) is 0 Å². The molecule has 0 radical (unpaired) electrons. The number of piperidine rings is 1. The van der Waals surface area contributed by atoms with E-state index >= 15 is 0 Å². The summed E-state index contributed by atoms with van der Waals surface area (Å²) in [4.78, 5) is 25.8. The van der Waals surface area contributed by atoms with Gasteiger partial charge in [0, 0.05) is 32.5 Å². The first-order valence-corrected chi connectivity index (χ1v) is 8.15. The second kappa shape index (κ2) is 6.46. The number of aromatic nitrogens is 3. The first-order chi connectivity index (χ1) is 10.7. The molecule has 2 amide bonds. The summed E-state index contributed by atoms with van der Waals surface area (Å²) >= 11 is 0. The second-order valence-corrected chi connectivity index (χ2v) is 6.03. The van der Waals surface area contributed by atoms with Crippen molar-refractivity contribution in [2.24, 2.45) is 5.92 Å². The van der Waals surface area contributed by atoms with Crippen molar-refractivity contribution < 1.29 is 9.59 Å². The van der Waals surface area contributed by atoms with Crippen LogP contribution >= 0.6 is 0 Å². The standard InChI is InChI=1S/C15H23N5O2/c1-2-19-10-11(6-7-14(19)21)15(22)16-9-13-18-17-12-5-3-4-8-20(12)13/h11H,2-10H2,1H3,(H,16,22)/t11-/m0/s1. The molecule has 120 valence electrons. The number of carbonyl (C=O) groups excluding carboxylic acids is 2. The first kappa shape index (κ1) is 15.0. The average Bonchev–Trinajstić information content (AvgIpc) is 2.96. The number of amides is 2. The van der Waals surface area contributed by atoms with Gasteiger partial charge in [-0.2, -0.15) is 0 Å². The van der Waals surface area contributed by atoms with E-state index in [1.54, 1.807) is 4.90 Å². The highest BCUT2D eigenvalue weighted by Crippen LogP contribution is 2.18. The van der Waals surface area contributed by atoms with Crippen molar-refractivity contribution in [2.45, 2.75) is 52.1 Å². The summed E-state index contributed by atoms with van der Waals surface area (Å²) in [6.07, 6.45) is 4.37. The Balaban J connectivity index is 1.56. The highest BCUT2D eigenvalue weighted by molar-refractivity contribution is 5.83. The Bertz CT molecular complexity index is 568. The van der Waals surface area contributed by atoms with E-state index in [9.17, 15) is 9.59 Å². The monoisotopic (exact) mass is 305 g/mol. The van der Waals surface area contributed by atoms with E-state index in [0.717, 1.165) is 37.5 Å². The van der Waals surface area contributed by atoms with Crippen LogP contribution in [0.5, 0.6) is 0 Å². The number of nitrogens with one attached hydrogen (secondary N) is 1. The molecule has 0 saturated carbocycles. The van der Waals surface area contributed by atoms with Crippen LogP contribution in [0.4, 0.5) is 0 Å². The van der Waals surface area contributed by atoms with Gasteiger partial charge in [-0.1, -0.05) is 0 Å². The second-order valence-electron chi connectivity index (χ2n) is 6.03. The number of likely N-dealkylation sites (tertiary alicyclic amines) is 1. The Hall–Kier alpha value is -1.92. The van der Waals surface area contributed by atoms with Crippen molar-refractivity contribution >= 4 is 11.8 Å². The zero-order valence-corrected chi connectivity index (χ0v) is 13.0. The molecular formula is C15H23N5O2. The van der Waals surface area contributed by atoms with Crippen LogP contribution in [-0.4, -0.2) is 44.6 Å². The number of carbonyl (C=O) groups is 2. The third kappa shape index (κ3) is 2.98. The third-order valence-electron chi connectivity index (χ3n) is 4.61. The molecule has 7 heteroatoms. The van der Waals surface area contributed by atoms with Gasteiger partial charge in [-0.05, 0) is 26.2 Å². The highest BCUT2D eigenvalue weighted by atomic mass is 16.2. The Morgan fingerprint density at radius 2 is 2.18 bits per heavy atom. The van der Waals surface area contributed by atoms with Crippen molar-refractivity contribution in [3.8, 4) is 0 Å². The Kier molecular flexibility index (Phi) is 4.40. The molecule has 7 nitrogen and oxygen atoms in total. The normalized spacial score (nSPS) is 21.6. The minimum atomic E-state index is -0.110. The molecule has 1 atom stereocenters. The maximum atomic E-state index is 12.3. The summed E-state index contributed by atoms with van der Waals surface area (Å²) in [5.41, 5.74) is 0. The highest BCUT2D eigenvalue weighted by Gasteiger charge is 2.29. The Morgan fingerprint density at radius 3 is 3.00 bits per heavy atom. The summed E-state index contributed by atoms with van der Waals surface area (Å²) in [5.74, 6) is 1.91. The van der Waals surface area contributed by atoms with E-state index in [-0.39, 0.29) is 17.7 Å². The van der Waals surface area contributed by atoms with Gasteiger partial charge in [0.05, 0.1) is 12.5 Å². The SMILES string of the molecule is CCN1C[C@@H](C(=O)NCc2nnc3n2CCCC3)CCC1=O. The van der Waals surface area contributed by atoms with Gasteiger partial charge in [-0.3, -0.25) is 9.59 Å². The van der Waals surface area contributed by atoms with E-state index in [4.69, 9.17) is 0 Å². The zero-order chi connectivity index (χ0) is 15.5. The molecule has 0 aromatic carbocycles. The van der Waals surface area contributed by atoms with Crippen LogP contribution in [0.1, 0.15) is 44.3 Å². The predicted molar refractivity (Wildman–Crippen MR) is 79.8 cm³/mol. The largest absolute Gasteiger partial charge is 0.348 e. The molecule has 0 spiro atoms. The van der Waals surface area contributed by atoms with Gasteiger partial charge < -0.3 is 14.8 Å². The average molecular weight is 305 g/mol. The molecule has 1 N–H and O–H groups in total. The number of hydrogen-bond acceptors (Lipinski definition) is 4. The zero-order valence-electron chi connectivity index (χ0n) is 13.0. The van der Waals surface area contributed by atoms with Gasteiger partial charge in [0.1, 0.15) is 5.82 Å². The molecule has 2 aliphatic rings. The van der Waals surface area contributed by atoms with E-state index in [0.29, 0.717) is 32.5 Å². The minimum Gasteiger partial charge on any atom is -0.348 e. The number of rotatable bonds is 4. The van der Waals surface area contributed by atoms with Crippen LogP contribution in [0, 0.1) is 5.92 Å². The van der Waals surface area contributed by atoms with E-state index in [2.05, 4.69) is 20.1 Å². The summed E-state index contributed by atoms with van der Waals surface area (Å²) in [5, 5.41) is 11.3. The summed E-state index contributed by atoms with van der Waals surface area (Å²) in [6, 6.07) is 0. The number of nitrogens with zero attached hydrogens (tertiary/aromatic N) is 4. The van der Waals surface area contributed by atoms with Crippen molar-refractivity contribution in [1.29, 1.82) is 0 Å². The maximum Gasteiger partial charge on any atom is 0.225 e. The van der Waals surface area contributed by atoms with Gasteiger partial charge in [0.25, 0.3) is 0 Å². The maximum absolute atomic E-state index is 12.3. The molecule has 22 heavy (non-hydrogen) atoms. The molecule has 1 fully saturated rings. The number of fused-ring (bicyclic) bond motifs is 1. The molecule has 1 aromatic heterocycles. The van der Waals surface area contributed by atoms with Gasteiger partial charge in [-0.15, -0.1) is 10.2 Å². The molecule has 3 rings (SSSR count). The van der Waals surface area contributed by atoms with Crippen molar-refractivity contribution in [3.05, 3.63) is 11.6 Å². The summed E-state index contributed by atoms with van der Waals surface area (Å²) in [7, 11) is 0. The summed E-state index contributed by atoms with van der Waals surface area (Å²) < 4.78 is 2.12. The topological polar surface area (TPSA) is 80.1 Å². The van der Waals surface area contributed by atoms with Gasteiger partial charge in [0.15, 0.2) is 5.82 Å². The first-order valence-electron chi connectivity index (χ1n) is 8.15. The van der Waals surface area contributed by atoms with Crippen molar-refractivity contribution in [1.82, 2.24) is 25.0 Å². The van der Waals surface area contributed by atoms with Crippen molar-refractivity contribution in [2.75, 3.05) is 13.1 Å². The van der Waals surface area contributed by atoms with Gasteiger partial charge in [0.2, 0.25) is 11.8 Å². The van der Waals surface area contributed by atoms with Gasteiger partial charge in [-0.25, -0.2) is 0 Å². The fourth-order valence-electron chi connectivity index (χ4n) is 3.24. The molecule has 3 heterocycles. The fraction of sp³-hybridized carbons (Fsp3) is 0.733. The minimum absolute atomic E-state index is 0.0131. The molecule has 0 bridgehead atoms. The quantitative estimate of drug-likeness (QED) is 0.878. The lowest BCUT2D eigenvalue weighted by atomic mass is 9.96. The summed E-state index contributed by atoms with van der Waals surface area (Å²) in [6.45, 7) is 4.50. The molecule has 0 aliphatic carbocycles. The Labute approximate surface area is 130 Å². The lowest BCUT2D eigenvalue weighted by molar-refractivity contribution is -0.138. The van der Waals surface area contributed by atoms with E-state index < -0.39 is 0 Å². The van der Waals surface area contributed by atoms with Gasteiger partial charge >= 0.3 is 0 Å². The molecule has 1 saturated heterocycles. The molecular weight excluding hydrogens is 282 g/mol. The number of hydrogen-bond donors (Lipinski definition) is 1. The van der Waals surface area contributed by atoms with Crippen LogP contribution in [-0.2, 0) is 29.1 Å². The fourth-order valence-corrected chi connectivity index (χ4v) is 3.24. The predicted octanol–water partition coefficient (Wildman–Crippen LogP) is 0.489. The molecule has 0 unspecified atom stereocenters. The number of aryl methyl sites for hydroxylation is 1. The van der Waals surface area contributed by atoms with E-state index in [1.165, 1.54) is 0 Å². The smallest absolute Gasteiger partial charge is 0.225 e. The lowest BCUT2D eigenvalue weighted by Gasteiger charge is -2.31. The molecule has 2 aliphatic heterocycles. The third-order valence-corrected chi connectivity index (χ3v) is 4.61. The van der Waals surface area contributed by atoms with Crippen LogP contribution in [0.15, 0.2) is 0 Å². The Morgan fingerprint density at radius 1 is 1.32 bits per heavy atom. The van der Waals surface area contributed by atoms with Crippen LogP contribution in [0.3, 0.4) is 0 Å².